The first-order valence-corrected chi connectivity index (χ1v) is 4.30. The Bertz CT molecular complexity index is 197. The first-order chi connectivity index (χ1) is 5.59. The molecule has 0 bridgehead atoms. The Balaban J connectivity index is 4.52. The van der Waals surface area contributed by atoms with Crippen LogP contribution in [-0.2, 0) is 4.79 Å². The van der Waals surface area contributed by atoms with Gasteiger partial charge in [0.15, 0.2) is 0 Å². The van der Waals surface area contributed by atoms with Gasteiger partial charge in [-0.05, 0) is 34.1 Å². The molecule has 4 heteroatoms. The van der Waals surface area contributed by atoms with Crippen molar-refractivity contribution >= 4 is 5.97 Å². The van der Waals surface area contributed by atoms with Gasteiger partial charge >= 0.3 is 5.97 Å². The molecule has 4 N–H and O–H groups in total. The molecule has 0 aromatic carbocycles. The monoisotopic (exact) mass is 189 g/mol. The highest BCUT2D eigenvalue weighted by Gasteiger charge is 2.37. The topological polar surface area (TPSA) is 83.5 Å². The molecule has 0 saturated heterocycles. The lowest BCUT2D eigenvalue weighted by atomic mass is 9.77. The molecule has 0 spiro atoms. The molecule has 2 atom stereocenters. The van der Waals surface area contributed by atoms with Gasteiger partial charge < -0.3 is 15.9 Å². The standard InChI is InChI=1S/C9H19NO3/c1-6(11)9(4,10)5-8(2,3)7(12)13/h6,11H,5,10H2,1-4H3,(H,12,13). The molecule has 0 radical (unpaired) electrons. The van der Waals surface area contributed by atoms with Crippen LogP contribution >= 0.6 is 0 Å². The molecule has 0 aromatic rings. The number of hydrogen-bond acceptors (Lipinski definition) is 3. The fraction of sp³-hybridized carbons (Fsp3) is 0.889. The highest BCUT2D eigenvalue weighted by atomic mass is 16.4. The molecular formula is C9H19NO3. The number of carbonyl (C=O) groups is 1. The number of rotatable bonds is 4. The summed E-state index contributed by atoms with van der Waals surface area (Å²) in [5, 5.41) is 18.2. The summed E-state index contributed by atoms with van der Waals surface area (Å²) in [6, 6.07) is 0. The third kappa shape index (κ3) is 3.32. The van der Waals surface area contributed by atoms with E-state index in [-0.39, 0.29) is 6.42 Å². The van der Waals surface area contributed by atoms with Crippen molar-refractivity contribution in [2.45, 2.75) is 45.8 Å². The SMILES string of the molecule is CC(O)C(C)(N)CC(C)(C)C(=O)O. The average molecular weight is 189 g/mol. The molecule has 0 fully saturated rings. The van der Waals surface area contributed by atoms with E-state index in [1.807, 2.05) is 0 Å². The summed E-state index contributed by atoms with van der Waals surface area (Å²) in [7, 11) is 0. The minimum atomic E-state index is -0.902. The smallest absolute Gasteiger partial charge is 0.309 e. The van der Waals surface area contributed by atoms with E-state index in [4.69, 9.17) is 10.8 Å². The first kappa shape index (κ1) is 12.4. The van der Waals surface area contributed by atoms with Gasteiger partial charge in [-0.3, -0.25) is 4.79 Å². The molecule has 0 rings (SSSR count). The van der Waals surface area contributed by atoms with Crippen molar-refractivity contribution in [2.24, 2.45) is 11.1 Å². The molecule has 0 heterocycles. The largest absolute Gasteiger partial charge is 0.481 e. The van der Waals surface area contributed by atoms with Gasteiger partial charge in [0, 0.05) is 5.54 Å². The summed E-state index contributed by atoms with van der Waals surface area (Å²) in [4.78, 5) is 10.8. The minimum Gasteiger partial charge on any atom is -0.481 e. The summed E-state index contributed by atoms with van der Waals surface area (Å²) in [5.74, 6) is -0.898. The van der Waals surface area contributed by atoms with E-state index < -0.39 is 23.0 Å². The number of hydrogen-bond donors (Lipinski definition) is 3. The molecule has 0 aliphatic heterocycles. The van der Waals surface area contributed by atoms with Crippen LogP contribution in [0, 0.1) is 5.41 Å². The normalized spacial score (nSPS) is 19.2. The van der Waals surface area contributed by atoms with E-state index in [1.54, 1.807) is 27.7 Å². The van der Waals surface area contributed by atoms with Crippen molar-refractivity contribution in [3.05, 3.63) is 0 Å². The molecule has 0 aliphatic carbocycles. The van der Waals surface area contributed by atoms with E-state index in [2.05, 4.69) is 0 Å². The molecule has 78 valence electrons. The van der Waals surface area contributed by atoms with Crippen molar-refractivity contribution < 1.29 is 15.0 Å². The molecule has 0 aliphatic rings. The van der Waals surface area contributed by atoms with Crippen LogP contribution in [0.2, 0.25) is 0 Å². The molecule has 13 heavy (non-hydrogen) atoms. The summed E-state index contributed by atoms with van der Waals surface area (Å²) in [6.07, 6.45) is -0.473. The Morgan fingerprint density at radius 3 is 2.08 bits per heavy atom. The van der Waals surface area contributed by atoms with Crippen LogP contribution in [0.4, 0.5) is 0 Å². The van der Waals surface area contributed by atoms with Gasteiger partial charge in [0.05, 0.1) is 11.5 Å². The maximum atomic E-state index is 10.8. The van der Waals surface area contributed by atoms with Crippen LogP contribution in [0.1, 0.15) is 34.1 Å². The Hall–Kier alpha value is -0.610. The number of aliphatic carboxylic acids is 1. The Morgan fingerprint density at radius 2 is 1.85 bits per heavy atom. The maximum Gasteiger partial charge on any atom is 0.309 e. The molecule has 0 amide bonds. The van der Waals surface area contributed by atoms with Crippen molar-refractivity contribution in [1.29, 1.82) is 0 Å². The lowest BCUT2D eigenvalue weighted by molar-refractivity contribution is -0.148. The lowest BCUT2D eigenvalue weighted by Gasteiger charge is -2.34. The molecular weight excluding hydrogens is 170 g/mol. The van der Waals surface area contributed by atoms with Crippen LogP contribution in [0.5, 0.6) is 0 Å². The summed E-state index contributed by atoms with van der Waals surface area (Å²) in [5.41, 5.74) is 4.01. The van der Waals surface area contributed by atoms with E-state index >= 15 is 0 Å². The van der Waals surface area contributed by atoms with Crippen molar-refractivity contribution in [3.63, 3.8) is 0 Å². The number of aliphatic hydroxyl groups is 1. The van der Waals surface area contributed by atoms with Crippen molar-refractivity contribution in [2.75, 3.05) is 0 Å². The fourth-order valence-corrected chi connectivity index (χ4v) is 1.18. The number of aliphatic hydroxyl groups excluding tert-OH is 1. The maximum absolute atomic E-state index is 10.8. The third-order valence-electron chi connectivity index (χ3n) is 2.36. The third-order valence-corrected chi connectivity index (χ3v) is 2.36. The second-order valence-electron chi connectivity index (χ2n) is 4.55. The zero-order valence-corrected chi connectivity index (χ0v) is 8.66. The van der Waals surface area contributed by atoms with Crippen LogP contribution in [-0.4, -0.2) is 27.8 Å². The van der Waals surface area contributed by atoms with Gasteiger partial charge in [-0.25, -0.2) is 0 Å². The predicted molar refractivity (Wildman–Crippen MR) is 50.3 cm³/mol. The highest BCUT2D eigenvalue weighted by molar-refractivity contribution is 5.73. The van der Waals surface area contributed by atoms with Crippen LogP contribution < -0.4 is 5.73 Å². The average Bonchev–Trinajstić information content (AvgIpc) is 1.83. The number of carboxylic acid groups (broad SMARTS) is 1. The zero-order chi connectivity index (χ0) is 10.9. The summed E-state index contributed by atoms with van der Waals surface area (Å²) in [6.45, 7) is 6.42. The lowest BCUT2D eigenvalue weighted by Crippen LogP contribution is -2.50. The zero-order valence-electron chi connectivity index (χ0n) is 8.66. The molecule has 2 unspecified atom stereocenters. The Kier molecular flexibility index (Phi) is 3.47. The van der Waals surface area contributed by atoms with Crippen LogP contribution in [0.3, 0.4) is 0 Å². The van der Waals surface area contributed by atoms with Crippen LogP contribution in [0.25, 0.3) is 0 Å². The van der Waals surface area contributed by atoms with Crippen LogP contribution in [0.15, 0.2) is 0 Å². The first-order valence-electron chi connectivity index (χ1n) is 4.30. The highest BCUT2D eigenvalue weighted by Crippen LogP contribution is 2.28. The quantitative estimate of drug-likeness (QED) is 0.604. The van der Waals surface area contributed by atoms with Crippen molar-refractivity contribution in [3.8, 4) is 0 Å². The molecule has 4 nitrogen and oxygen atoms in total. The van der Waals surface area contributed by atoms with Gasteiger partial charge in [0.2, 0.25) is 0 Å². The number of nitrogens with two attached hydrogens (primary N) is 1. The Morgan fingerprint density at radius 1 is 1.46 bits per heavy atom. The fourth-order valence-electron chi connectivity index (χ4n) is 1.18. The predicted octanol–water partition coefficient (Wildman–Crippen LogP) is 0.585. The molecule has 0 saturated carbocycles. The Labute approximate surface area is 78.7 Å². The second kappa shape index (κ2) is 3.64. The van der Waals surface area contributed by atoms with Gasteiger partial charge in [-0.2, -0.15) is 0 Å². The van der Waals surface area contributed by atoms with E-state index in [1.165, 1.54) is 0 Å². The number of carboxylic acids is 1. The van der Waals surface area contributed by atoms with Gasteiger partial charge in [-0.1, -0.05) is 0 Å². The molecule has 0 aromatic heterocycles. The van der Waals surface area contributed by atoms with E-state index in [0.717, 1.165) is 0 Å². The summed E-state index contributed by atoms with van der Waals surface area (Å²) >= 11 is 0. The van der Waals surface area contributed by atoms with Crippen molar-refractivity contribution in [1.82, 2.24) is 0 Å². The summed E-state index contributed by atoms with van der Waals surface area (Å²) < 4.78 is 0. The van der Waals surface area contributed by atoms with E-state index in [9.17, 15) is 9.90 Å². The second-order valence-corrected chi connectivity index (χ2v) is 4.55. The minimum absolute atomic E-state index is 0.243. The van der Waals surface area contributed by atoms with Gasteiger partial charge in [0.25, 0.3) is 0 Å². The van der Waals surface area contributed by atoms with Gasteiger partial charge in [-0.15, -0.1) is 0 Å². The van der Waals surface area contributed by atoms with Gasteiger partial charge in [0.1, 0.15) is 0 Å². The van der Waals surface area contributed by atoms with E-state index in [0.29, 0.717) is 0 Å².